The first-order valence-corrected chi connectivity index (χ1v) is 10.1. The van der Waals surface area contributed by atoms with Crippen LogP contribution in [0, 0.1) is 0 Å². The zero-order chi connectivity index (χ0) is 22.0. The Morgan fingerprint density at radius 2 is 2.03 bits per heavy atom. The van der Waals surface area contributed by atoms with Gasteiger partial charge in [-0.3, -0.25) is 4.79 Å². The molecule has 4 rings (SSSR count). The monoisotopic (exact) mass is 421 g/mol. The maximum Gasteiger partial charge on any atom is 0.347 e. The average Bonchev–Trinajstić information content (AvgIpc) is 3.28. The largest absolute Gasteiger partial charge is 0.497 e. The van der Waals surface area contributed by atoms with E-state index in [-0.39, 0.29) is 29.9 Å². The number of ether oxygens (including phenoxy) is 4. The van der Waals surface area contributed by atoms with Crippen LogP contribution >= 0.6 is 0 Å². The predicted molar refractivity (Wildman–Crippen MR) is 115 cm³/mol. The number of benzene rings is 2. The molecule has 2 aromatic rings. The summed E-state index contributed by atoms with van der Waals surface area (Å²) in [6, 6.07) is 12.8. The highest BCUT2D eigenvalue weighted by atomic mass is 16.5. The molecule has 2 aliphatic heterocycles. The van der Waals surface area contributed by atoms with Gasteiger partial charge in [0.2, 0.25) is 11.7 Å². The number of rotatable bonds is 6. The predicted octanol–water partition coefficient (Wildman–Crippen LogP) is 3.85. The van der Waals surface area contributed by atoms with E-state index in [0.717, 1.165) is 12.0 Å². The van der Waals surface area contributed by atoms with E-state index >= 15 is 0 Å². The van der Waals surface area contributed by atoms with Crippen molar-refractivity contribution in [3.63, 3.8) is 0 Å². The van der Waals surface area contributed by atoms with Gasteiger partial charge in [-0.25, -0.2) is 4.79 Å². The van der Waals surface area contributed by atoms with E-state index in [1.807, 2.05) is 31.2 Å². The third-order valence-electron chi connectivity index (χ3n) is 4.92. The number of carbonyl (C=O) groups is 2. The van der Waals surface area contributed by atoms with Crippen LogP contribution in [0.4, 0.5) is 5.69 Å². The highest BCUT2D eigenvalue weighted by Crippen LogP contribution is 2.38. The zero-order valence-corrected chi connectivity index (χ0v) is 17.6. The smallest absolute Gasteiger partial charge is 0.347 e. The van der Waals surface area contributed by atoms with Crippen LogP contribution in [0.5, 0.6) is 11.5 Å². The summed E-state index contributed by atoms with van der Waals surface area (Å²) >= 11 is 0. The summed E-state index contributed by atoms with van der Waals surface area (Å²) in [5.41, 5.74) is 2.13. The topological polar surface area (TPSA) is 83.1 Å². The van der Waals surface area contributed by atoms with Crippen molar-refractivity contribution in [3.05, 3.63) is 70.8 Å². The van der Waals surface area contributed by atoms with Crippen molar-refractivity contribution in [3.8, 4) is 11.5 Å². The Morgan fingerprint density at radius 1 is 1.26 bits per heavy atom. The Hall–Kier alpha value is -3.74. The van der Waals surface area contributed by atoms with Gasteiger partial charge in [-0.2, -0.15) is 0 Å². The Morgan fingerprint density at radius 3 is 2.74 bits per heavy atom. The molecule has 160 valence electrons. The fourth-order valence-electron chi connectivity index (χ4n) is 3.56. The molecule has 0 spiro atoms. The van der Waals surface area contributed by atoms with Gasteiger partial charge in [0.15, 0.2) is 11.3 Å². The number of ketones is 1. The number of anilines is 1. The number of hydrogen-bond acceptors (Lipinski definition) is 7. The minimum atomic E-state index is -0.741. The van der Waals surface area contributed by atoms with Gasteiger partial charge in [-0.15, -0.1) is 0 Å². The van der Waals surface area contributed by atoms with Crippen molar-refractivity contribution in [2.45, 2.75) is 26.4 Å². The van der Waals surface area contributed by atoms with Crippen LogP contribution in [0.2, 0.25) is 0 Å². The van der Waals surface area contributed by atoms with Crippen LogP contribution < -0.4 is 14.8 Å². The summed E-state index contributed by atoms with van der Waals surface area (Å²) < 4.78 is 22.2. The highest BCUT2D eigenvalue weighted by molar-refractivity contribution is 6.26. The molecule has 2 aliphatic rings. The molecule has 0 aromatic heterocycles. The van der Waals surface area contributed by atoms with Gasteiger partial charge in [-0.1, -0.05) is 18.2 Å². The summed E-state index contributed by atoms with van der Waals surface area (Å²) in [6.07, 6.45) is 2.33. The van der Waals surface area contributed by atoms with Gasteiger partial charge in [0, 0.05) is 23.2 Å². The van der Waals surface area contributed by atoms with Crippen molar-refractivity contribution in [2.24, 2.45) is 0 Å². The van der Waals surface area contributed by atoms with Crippen LogP contribution in [0.1, 0.15) is 25.0 Å². The minimum absolute atomic E-state index is 0.0000836. The second kappa shape index (κ2) is 8.55. The van der Waals surface area contributed by atoms with Crippen molar-refractivity contribution in [1.82, 2.24) is 0 Å². The Kier molecular flexibility index (Phi) is 5.66. The number of Topliss-reactive ketones (excluding diaryl/α,β-unsaturated/α-hetero) is 1. The molecule has 2 aromatic carbocycles. The summed E-state index contributed by atoms with van der Waals surface area (Å²) in [5, 5.41) is 3.00. The van der Waals surface area contributed by atoms with Crippen LogP contribution in [0.15, 0.2) is 59.7 Å². The van der Waals surface area contributed by atoms with Crippen LogP contribution in [0.3, 0.4) is 0 Å². The van der Waals surface area contributed by atoms with Crippen LogP contribution in [-0.2, 0) is 25.5 Å². The first-order chi connectivity index (χ1) is 15.0. The van der Waals surface area contributed by atoms with Gasteiger partial charge in [0.25, 0.3) is 0 Å². The standard InChI is InChI=1S/C24H23NO6/c1-4-29-24(27)20-21(26)19(31-23(20)25-17-8-6-5-7-9-17)13-16-12-18(28-3)11-15-10-14(2)30-22(15)16/h5-9,11-14,25H,4,10H2,1-3H3/b19-13+. The number of nitrogens with one attached hydrogen (secondary N) is 1. The van der Waals surface area contributed by atoms with Crippen molar-refractivity contribution in [1.29, 1.82) is 0 Å². The molecule has 7 heteroatoms. The first-order valence-electron chi connectivity index (χ1n) is 10.1. The number of esters is 1. The molecular weight excluding hydrogens is 398 g/mol. The Balaban J connectivity index is 1.72. The van der Waals surface area contributed by atoms with Crippen molar-refractivity contribution < 1.29 is 28.5 Å². The quantitative estimate of drug-likeness (QED) is 0.431. The van der Waals surface area contributed by atoms with Gasteiger partial charge >= 0.3 is 5.97 Å². The molecule has 1 unspecified atom stereocenters. The highest BCUT2D eigenvalue weighted by Gasteiger charge is 2.37. The van der Waals surface area contributed by atoms with E-state index in [1.54, 1.807) is 38.3 Å². The third-order valence-corrected chi connectivity index (χ3v) is 4.92. The first kappa shape index (κ1) is 20.5. The molecule has 1 atom stereocenters. The molecule has 0 amide bonds. The molecule has 0 saturated carbocycles. The maximum atomic E-state index is 13.1. The summed E-state index contributed by atoms with van der Waals surface area (Å²) in [5.74, 6) is 0.0682. The van der Waals surface area contributed by atoms with E-state index in [9.17, 15) is 9.59 Å². The van der Waals surface area contributed by atoms with Crippen molar-refractivity contribution >= 4 is 23.5 Å². The van der Waals surface area contributed by atoms with E-state index in [0.29, 0.717) is 22.7 Å². The van der Waals surface area contributed by atoms with Crippen molar-refractivity contribution in [2.75, 3.05) is 19.0 Å². The number of carbonyl (C=O) groups excluding carboxylic acids is 2. The fourth-order valence-corrected chi connectivity index (χ4v) is 3.56. The molecule has 0 radical (unpaired) electrons. The lowest BCUT2D eigenvalue weighted by atomic mass is 10.0. The van der Waals surface area contributed by atoms with Gasteiger partial charge in [0.1, 0.15) is 17.6 Å². The van der Waals surface area contributed by atoms with E-state index < -0.39 is 11.8 Å². The Labute approximate surface area is 180 Å². The number of allylic oxidation sites excluding steroid dienone is 1. The second-order valence-corrected chi connectivity index (χ2v) is 7.19. The van der Waals surface area contributed by atoms with Gasteiger partial charge < -0.3 is 24.3 Å². The molecule has 0 bridgehead atoms. The summed E-state index contributed by atoms with van der Waals surface area (Å²) in [6.45, 7) is 3.79. The number of methoxy groups -OCH3 is 1. The number of fused-ring (bicyclic) bond motifs is 1. The summed E-state index contributed by atoms with van der Waals surface area (Å²) in [7, 11) is 1.58. The molecule has 7 nitrogen and oxygen atoms in total. The van der Waals surface area contributed by atoms with Gasteiger partial charge in [-0.05, 0) is 44.2 Å². The lowest BCUT2D eigenvalue weighted by Gasteiger charge is -2.10. The molecule has 2 heterocycles. The molecule has 31 heavy (non-hydrogen) atoms. The number of hydrogen-bond donors (Lipinski definition) is 1. The fraction of sp³-hybridized carbons (Fsp3) is 0.250. The normalized spacial score (nSPS) is 18.5. The Bertz CT molecular complexity index is 1090. The van der Waals surface area contributed by atoms with E-state index in [4.69, 9.17) is 18.9 Å². The van der Waals surface area contributed by atoms with E-state index in [2.05, 4.69) is 5.32 Å². The second-order valence-electron chi connectivity index (χ2n) is 7.19. The van der Waals surface area contributed by atoms with Crippen LogP contribution in [-0.4, -0.2) is 31.6 Å². The number of para-hydroxylation sites is 1. The van der Waals surface area contributed by atoms with E-state index in [1.165, 1.54) is 0 Å². The average molecular weight is 421 g/mol. The third kappa shape index (κ3) is 4.12. The minimum Gasteiger partial charge on any atom is -0.497 e. The molecule has 0 saturated heterocycles. The lowest BCUT2D eigenvalue weighted by molar-refractivity contribution is -0.139. The molecule has 0 aliphatic carbocycles. The lowest BCUT2D eigenvalue weighted by Crippen LogP contribution is -2.16. The zero-order valence-electron chi connectivity index (χ0n) is 17.6. The molecule has 0 fully saturated rings. The maximum absolute atomic E-state index is 13.1. The molecule has 1 N–H and O–H groups in total. The summed E-state index contributed by atoms with van der Waals surface area (Å²) in [4.78, 5) is 25.6. The van der Waals surface area contributed by atoms with Gasteiger partial charge in [0.05, 0.1) is 13.7 Å². The SMILES string of the molecule is CCOC(=O)C1=C(Nc2ccccc2)O/C(=C/c2cc(OC)cc3c2OC(C)C3)C1=O. The van der Waals surface area contributed by atoms with Crippen LogP contribution in [0.25, 0.3) is 6.08 Å². The molecular formula is C24H23NO6.